The number of carbonyl (C=O) groups is 2. The molecule has 1 aliphatic heterocycles. The second-order valence-electron chi connectivity index (χ2n) is 7.77. The molecule has 1 aliphatic carbocycles. The monoisotopic (exact) mass is 519 g/mol. The number of benzene rings is 1. The average molecular weight is 520 g/mol. The number of carbonyl (C=O) groups excluding carboxylic acids is 1. The van der Waals surface area contributed by atoms with Crippen LogP contribution in [0.15, 0.2) is 69.5 Å². The fraction of sp³-hybridized carbons (Fsp3) is 0.333. The number of hydrogen-bond donors (Lipinski definition) is 4. The number of hydrogen-bond acceptors (Lipinski definition) is 6. The Balaban J connectivity index is 1.74. The third-order valence-electron chi connectivity index (χ3n) is 4.99. The largest absolute Gasteiger partial charge is 0.493 e. The van der Waals surface area contributed by atoms with E-state index >= 15 is 0 Å². The van der Waals surface area contributed by atoms with Crippen molar-refractivity contribution >= 4 is 35.8 Å². The fourth-order valence-electron chi connectivity index (χ4n) is 3.18. The van der Waals surface area contributed by atoms with E-state index in [1.165, 1.54) is 13.3 Å². The smallest absolute Gasteiger partial charge is 0.321 e. The number of allylic oxidation sites excluding steroid dienone is 4. The van der Waals surface area contributed by atoms with E-state index < -0.39 is 18.2 Å². The number of rotatable bonds is 9. The topological polar surface area (TPSA) is 134 Å². The average Bonchev–Trinajstić information content (AvgIpc) is 2.85. The van der Waals surface area contributed by atoms with Gasteiger partial charge in [0, 0.05) is 48.9 Å². The number of alkyl halides is 1. The van der Waals surface area contributed by atoms with Crippen LogP contribution in [-0.2, 0) is 20.8 Å². The summed E-state index contributed by atoms with van der Waals surface area (Å²) in [7, 11) is 1.49. The van der Waals surface area contributed by atoms with E-state index in [-0.39, 0.29) is 25.3 Å². The molecule has 1 aromatic rings. The zero-order valence-electron chi connectivity index (χ0n) is 19.6. The van der Waals surface area contributed by atoms with Gasteiger partial charge in [-0.25, -0.2) is 19.2 Å². The summed E-state index contributed by atoms with van der Waals surface area (Å²) in [6.45, 7) is 0.314. The molecule has 1 unspecified atom stereocenters. The molecule has 2 amide bonds. The van der Waals surface area contributed by atoms with Crippen molar-refractivity contribution in [2.75, 3.05) is 13.7 Å². The predicted molar refractivity (Wildman–Crippen MR) is 133 cm³/mol. The molecular formula is C24H27ClFN5O5. The van der Waals surface area contributed by atoms with Gasteiger partial charge in [-0.1, -0.05) is 23.7 Å². The van der Waals surface area contributed by atoms with Crippen LogP contribution in [0.5, 0.6) is 0 Å². The third kappa shape index (κ3) is 8.73. The Hall–Kier alpha value is -3.86. The number of carboxylic acids is 1. The summed E-state index contributed by atoms with van der Waals surface area (Å²) in [4.78, 5) is 31.5. The summed E-state index contributed by atoms with van der Waals surface area (Å²) >= 11 is 5.94. The van der Waals surface area contributed by atoms with Crippen molar-refractivity contribution < 1.29 is 28.6 Å². The molecule has 0 saturated carbocycles. The molecular weight excluding hydrogens is 493 g/mol. The highest BCUT2D eigenvalue weighted by Gasteiger charge is 2.19. The Labute approximate surface area is 212 Å². The van der Waals surface area contributed by atoms with Crippen molar-refractivity contribution in [3.05, 3.63) is 70.1 Å². The number of nitrogens with one attached hydrogen (secondary N) is 3. The minimum Gasteiger partial charge on any atom is -0.493 e. The van der Waals surface area contributed by atoms with Crippen molar-refractivity contribution in [2.45, 2.75) is 38.4 Å². The van der Waals surface area contributed by atoms with Gasteiger partial charge >= 0.3 is 12.0 Å². The molecule has 12 heteroatoms. The SMILES string of the molecule is COC1=C(OC2=CCC(F)C=N2)CCC(/N=C(/NCc2ccc(Cl)cc2)NC(=O)NCCC(=O)O)=C1. The molecule has 0 bridgehead atoms. The molecule has 1 aromatic carbocycles. The normalized spacial score (nSPS) is 17.6. The van der Waals surface area contributed by atoms with Gasteiger partial charge in [0.1, 0.15) is 11.9 Å². The fourth-order valence-corrected chi connectivity index (χ4v) is 3.31. The quantitative estimate of drug-likeness (QED) is 0.290. The Morgan fingerprint density at radius 1 is 1.25 bits per heavy atom. The molecule has 1 heterocycles. The number of guanidine groups is 1. The number of halogens is 2. The zero-order chi connectivity index (χ0) is 25.9. The lowest BCUT2D eigenvalue weighted by molar-refractivity contribution is -0.136. The third-order valence-corrected chi connectivity index (χ3v) is 5.25. The summed E-state index contributed by atoms with van der Waals surface area (Å²) in [5.74, 6) is 0.415. The number of amides is 2. The first-order valence-corrected chi connectivity index (χ1v) is 11.6. The summed E-state index contributed by atoms with van der Waals surface area (Å²) in [5, 5.41) is 17.5. The van der Waals surface area contributed by atoms with Crippen molar-refractivity contribution in [3.8, 4) is 0 Å². The Kier molecular flexibility index (Phi) is 9.87. The van der Waals surface area contributed by atoms with Gasteiger partial charge in [-0.3, -0.25) is 10.1 Å². The van der Waals surface area contributed by atoms with Crippen LogP contribution in [0.2, 0.25) is 5.02 Å². The summed E-state index contributed by atoms with van der Waals surface area (Å²) in [6, 6.07) is 6.57. The van der Waals surface area contributed by atoms with Gasteiger partial charge in [0.25, 0.3) is 0 Å². The van der Waals surface area contributed by atoms with Gasteiger partial charge in [0.2, 0.25) is 11.8 Å². The van der Waals surface area contributed by atoms with Gasteiger partial charge in [-0.15, -0.1) is 0 Å². The Bertz CT molecular complexity index is 1110. The van der Waals surface area contributed by atoms with E-state index in [9.17, 15) is 14.0 Å². The number of carboxylic acid groups (broad SMARTS) is 1. The van der Waals surface area contributed by atoms with E-state index in [2.05, 4.69) is 25.9 Å². The highest BCUT2D eigenvalue weighted by Crippen LogP contribution is 2.28. The molecule has 0 aromatic heterocycles. The first kappa shape index (κ1) is 26.7. The number of urea groups is 1. The molecule has 36 heavy (non-hydrogen) atoms. The highest BCUT2D eigenvalue weighted by atomic mass is 35.5. The Morgan fingerprint density at radius 2 is 2.03 bits per heavy atom. The van der Waals surface area contributed by atoms with E-state index in [1.807, 2.05) is 12.1 Å². The van der Waals surface area contributed by atoms with Crippen LogP contribution in [-0.4, -0.2) is 49.1 Å². The van der Waals surface area contributed by atoms with Crippen molar-refractivity contribution in [1.29, 1.82) is 0 Å². The molecule has 1 atom stereocenters. The van der Waals surface area contributed by atoms with Crippen LogP contribution >= 0.6 is 11.6 Å². The molecule has 4 N–H and O–H groups in total. The molecule has 10 nitrogen and oxygen atoms in total. The van der Waals surface area contributed by atoms with Gasteiger partial charge in [-0.2, -0.15) is 0 Å². The number of nitrogens with zero attached hydrogens (tertiary/aromatic N) is 2. The van der Waals surface area contributed by atoms with Crippen molar-refractivity contribution in [1.82, 2.24) is 16.0 Å². The van der Waals surface area contributed by atoms with E-state index in [4.69, 9.17) is 26.2 Å². The maximum atomic E-state index is 13.3. The zero-order valence-corrected chi connectivity index (χ0v) is 20.3. The van der Waals surface area contributed by atoms with Gasteiger partial charge in [0.05, 0.1) is 13.5 Å². The van der Waals surface area contributed by atoms with Crippen LogP contribution in [0.25, 0.3) is 0 Å². The number of aliphatic imine (C=N–C) groups is 2. The Morgan fingerprint density at radius 3 is 2.69 bits per heavy atom. The number of methoxy groups -OCH3 is 1. The molecule has 0 fully saturated rings. The van der Waals surface area contributed by atoms with Crippen LogP contribution in [0.3, 0.4) is 0 Å². The van der Waals surface area contributed by atoms with Crippen molar-refractivity contribution in [3.63, 3.8) is 0 Å². The minimum absolute atomic E-state index is 0.0347. The molecule has 0 spiro atoms. The lowest BCUT2D eigenvalue weighted by Gasteiger charge is -2.20. The maximum absolute atomic E-state index is 13.3. The predicted octanol–water partition coefficient (Wildman–Crippen LogP) is 3.77. The van der Waals surface area contributed by atoms with Gasteiger partial charge in [-0.05, 0) is 30.2 Å². The second kappa shape index (κ2) is 13.3. The summed E-state index contributed by atoms with van der Waals surface area (Å²) in [5.41, 5.74) is 1.51. The van der Waals surface area contributed by atoms with E-state index in [0.717, 1.165) is 5.56 Å². The van der Waals surface area contributed by atoms with E-state index in [1.54, 1.807) is 24.3 Å². The highest BCUT2D eigenvalue weighted by molar-refractivity contribution is 6.30. The number of aliphatic carboxylic acids is 1. The van der Waals surface area contributed by atoms with Gasteiger partial charge in [0.15, 0.2) is 5.76 Å². The maximum Gasteiger partial charge on any atom is 0.321 e. The first-order valence-electron chi connectivity index (χ1n) is 11.2. The van der Waals surface area contributed by atoms with Crippen LogP contribution < -0.4 is 16.0 Å². The van der Waals surface area contributed by atoms with E-state index in [0.29, 0.717) is 47.5 Å². The molecule has 0 saturated heterocycles. The van der Waals surface area contributed by atoms with Crippen LogP contribution in [0, 0.1) is 0 Å². The molecule has 192 valence electrons. The molecule has 0 radical (unpaired) electrons. The summed E-state index contributed by atoms with van der Waals surface area (Å²) < 4.78 is 24.5. The minimum atomic E-state index is -1.12. The number of ether oxygens (including phenoxy) is 2. The first-order chi connectivity index (χ1) is 17.3. The molecule has 2 aliphatic rings. The second-order valence-corrected chi connectivity index (χ2v) is 8.20. The summed E-state index contributed by atoms with van der Waals surface area (Å²) in [6.07, 6.45) is 4.24. The van der Waals surface area contributed by atoms with Crippen molar-refractivity contribution in [2.24, 2.45) is 9.98 Å². The van der Waals surface area contributed by atoms with Crippen LogP contribution in [0.4, 0.5) is 9.18 Å². The lowest BCUT2D eigenvalue weighted by Crippen LogP contribution is -2.46. The standard InChI is InChI=1S/C24H27ClFN5O5/c1-35-20-12-18(7-8-19(20)36-21-9-6-17(26)14-28-21)30-23(31-24(34)27-11-10-22(32)33)29-13-15-2-4-16(25)5-3-15/h2-5,9,12,14,17H,6-8,10-11,13H2,1H3,(H,32,33)(H3,27,29,30,31,34). The lowest BCUT2D eigenvalue weighted by atomic mass is 10.1. The molecule has 3 rings (SSSR count). The van der Waals surface area contributed by atoms with Gasteiger partial charge < -0.3 is 25.2 Å². The van der Waals surface area contributed by atoms with Crippen LogP contribution in [0.1, 0.15) is 31.2 Å².